The van der Waals surface area contributed by atoms with E-state index in [1.165, 1.54) is 0 Å². The maximum atomic E-state index is 12.8. The van der Waals surface area contributed by atoms with Crippen molar-refractivity contribution in [2.24, 2.45) is 5.41 Å². The van der Waals surface area contributed by atoms with Crippen LogP contribution in [0.5, 0.6) is 0 Å². The fraction of sp³-hybridized carbons (Fsp3) is 0.667. The molecule has 5 nitrogen and oxygen atoms in total. The second-order valence-corrected chi connectivity index (χ2v) is 6.48. The van der Waals surface area contributed by atoms with Crippen LogP contribution in [0.25, 0.3) is 0 Å². The summed E-state index contributed by atoms with van der Waals surface area (Å²) in [5, 5.41) is 4.15. The first-order valence-electron chi connectivity index (χ1n) is 7.36. The number of nitrogens with zero attached hydrogens (tertiary/aromatic N) is 4. The van der Waals surface area contributed by atoms with E-state index in [1.807, 2.05) is 18.1 Å². The summed E-state index contributed by atoms with van der Waals surface area (Å²) in [5.41, 5.74) is 1.53. The molecule has 0 bridgehead atoms. The molecule has 3 heterocycles. The highest BCUT2D eigenvalue weighted by atomic mass is 16.2. The first kappa shape index (κ1) is 13.5. The number of carbonyl (C=O) groups excluding carboxylic acids is 1. The number of amides is 1. The lowest BCUT2D eigenvalue weighted by molar-refractivity contribution is -0.155. The van der Waals surface area contributed by atoms with E-state index in [2.05, 4.69) is 28.8 Å². The Bertz CT molecular complexity index is 511. The van der Waals surface area contributed by atoms with Crippen LogP contribution in [-0.2, 0) is 4.79 Å². The Morgan fingerprint density at radius 3 is 2.75 bits per heavy atom. The van der Waals surface area contributed by atoms with Gasteiger partial charge in [-0.3, -0.25) is 19.8 Å². The van der Waals surface area contributed by atoms with Gasteiger partial charge in [0, 0.05) is 24.7 Å². The van der Waals surface area contributed by atoms with Gasteiger partial charge >= 0.3 is 0 Å². The molecule has 2 saturated heterocycles. The van der Waals surface area contributed by atoms with Crippen LogP contribution >= 0.6 is 0 Å². The quantitative estimate of drug-likeness (QED) is 0.787. The third-order valence-electron chi connectivity index (χ3n) is 4.41. The molecule has 0 N–H and O–H groups in total. The molecule has 0 unspecified atom stereocenters. The number of rotatable bonds is 1. The van der Waals surface area contributed by atoms with E-state index >= 15 is 0 Å². The lowest BCUT2D eigenvalue weighted by atomic mass is 9.86. The molecule has 20 heavy (non-hydrogen) atoms. The summed E-state index contributed by atoms with van der Waals surface area (Å²) in [6.07, 6.45) is 6.56. The summed E-state index contributed by atoms with van der Waals surface area (Å²) in [5.74, 6) is 0.222. The molecule has 0 radical (unpaired) electrons. The van der Waals surface area contributed by atoms with Crippen LogP contribution in [0.3, 0.4) is 0 Å². The first-order valence-corrected chi connectivity index (χ1v) is 7.36. The number of hydrazine groups is 1. The molecule has 2 aliphatic heterocycles. The monoisotopic (exact) mass is 274 g/mol. The van der Waals surface area contributed by atoms with Gasteiger partial charge in [-0.25, -0.2) is 5.01 Å². The van der Waals surface area contributed by atoms with Crippen molar-refractivity contribution in [3.05, 3.63) is 23.8 Å². The van der Waals surface area contributed by atoms with Crippen LogP contribution in [0.15, 0.2) is 12.4 Å². The number of carbonyl (C=O) groups is 1. The molecule has 0 aliphatic carbocycles. The molecule has 5 heteroatoms. The van der Waals surface area contributed by atoms with E-state index in [9.17, 15) is 4.79 Å². The molecule has 3 rings (SSSR count). The smallest absolute Gasteiger partial charge is 0.243 e. The summed E-state index contributed by atoms with van der Waals surface area (Å²) >= 11 is 0. The SMILES string of the molecule is Cc1cnc([C@H]2CCN3CCCC(C)(C)C(=O)N23)cn1. The summed E-state index contributed by atoms with van der Waals surface area (Å²) in [6, 6.07) is 0.0491. The number of aryl methyl sites for hydroxylation is 1. The average molecular weight is 274 g/mol. The highest BCUT2D eigenvalue weighted by molar-refractivity contribution is 5.82. The second kappa shape index (κ2) is 4.81. The van der Waals surface area contributed by atoms with Gasteiger partial charge in [0.1, 0.15) is 0 Å². The normalized spacial score (nSPS) is 26.4. The van der Waals surface area contributed by atoms with Gasteiger partial charge in [0.2, 0.25) is 5.91 Å². The average Bonchev–Trinajstić information content (AvgIpc) is 2.77. The molecule has 1 aromatic rings. The van der Waals surface area contributed by atoms with E-state index in [1.54, 1.807) is 6.20 Å². The van der Waals surface area contributed by atoms with Gasteiger partial charge < -0.3 is 0 Å². The summed E-state index contributed by atoms with van der Waals surface area (Å²) in [7, 11) is 0. The first-order chi connectivity index (χ1) is 9.49. The number of aromatic nitrogens is 2. The third kappa shape index (κ3) is 2.20. The minimum atomic E-state index is -0.282. The van der Waals surface area contributed by atoms with Gasteiger partial charge in [0.15, 0.2) is 0 Å². The molecular weight excluding hydrogens is 252 g/mol. The second-order valence-electron chi connectivity index (χ2n) is 6.48. The third-order valence-corrected chi connectivity index (χ3v) is 4.41. The van der Waals surface area contributed by atoms with E-state index in [0.29, 0.717) is 0 Å². The van der Waals surface area contributed by atoms with Gasteiger partial charge in [-0.15, -0.1) is 0 Å². The van der Waals surface area contributed by atoms with Gasteiger partial charge in [0.25, 0.3) is 0 Å². The fourth-order valence-corrected chi connectivity index (χ4v) is 3.16. The highest BCUT2D eigenvalue weighted by Crippen LogP contribution is 2.39. The van der Waals surface area contributed by atoms with Crippen molar-refractivity contribution in [3.8, 4) is 0 Å². The standard InChI is InChI=1S/C15H22N4O/c1-11-9-17-12(10-16-11)13-5-8-18-7-4-6-15(2,3)14(20)19(13)18/h9-10,13H,4-8H2,1-3H3/t13-/m1/s1. The molecule has 1 amide bonds. The molecule has 0 saturated carbocycles. The van der Waals surface area contributed by atoms with Crippen LogP contribution in [0.1, 0.15) is 50.5 Å². The van der Waals surface area contributed by atoms with Gasteiger partial charge in [-0.05, 0) is 26.2 Å². The topological polar surface area (TPSA) is 49.3 Å². The molecule has 108 valence electrons. The lowest BCUT2D eigenvalue weighted by Gasteiger charge is -2.34. The zero-order valence-electron chi connectivity index (χ0n) is 12.5. The fourth-order valence-electron chi connectivity index (χ4n) is 3.16. The van der Waals surface area contributed by atoms with Crippen LogP contribution in [-0.4, -0.2) is 39.0 Å². The molecule has 0 spiro atoms. The summed E-state index contributed by atoms with van der Waals surface area (Å²) in [4.78, 5) is 21.6. The minimum Gasteiger partial charge on any atom is -0.273 e. The Kier molecular flexibility index (Phi) is 3.24. The summed E-state index contributed by atoms with van der Waals surface area (Å²) < 4.78 is 0. The Balaban J connectivity index is 1.93. The van der Waals surface area contributed by atoms with Crippen LogP contribution < -0.4 is 0 Å². The number of hydrogen-bond donors (Lipinski definition) is 0. The van der Waals surface area contributed by atoms with Crippen molar-refractivity contribution in [2.75, 3.05) is 13.1 Å². The molecule has 1 aromatic heterocycles. The van der Waals surface area contributed by atoms with Crippen molar-refractivity contribution >= 4 is 5.91 Å². The van der Waals surface area contributed by atoms with Crippen molar-refractivity contribution in [3.63, 3.8) is 0 Å². The zero-order valence-corrected chi connectivity index (χ0v) is 12.5. The highest BCUT2D eigenvalue weighted by Gasteiger charge is 2.44. The Hall–Kier alpha value is -1.49. The molecule has 2 fully saturated rings. The predicted molar refractivity (Wildman–Crippen MR) is 75.6 cm³/mol. The molecule has 1 atom stereocenters. The largest absolute Gasteiger partial charge is 0.273 e. The number of fused-ring (bicyclic) bond motifs is 1. The number of hydrogen-bond acceptors (Lipinski definition) is 4. The Morgan fingerprint density at radius 1 is 1.25 bits per heavy atom. The Labute approximate surface area is 120 Å². The van der Waals surface area contributed by atoms with E-state index < -0.39 is 0 Å². The maximum absolute atomic E-state index is 12.8. The van der Waals surface area contributed by atoms with Crippen molar-refractivity contribution in [1.82, 2.24) is 20.0 Å². The Morgan fingerprint density at radius 2 is 2.05 bits per heavy atom. The van der Waals surface area contributed by atoms with Gasteiger partial charge in [-0.2, -0.15) is 0 Å². The van der Waals surface area contributed by atoms with Crippen LogP contribution in [0.2, 0.25) is 0 Å². The van der Waals surface area contributed by atoms with Gasteiger partial charge in [0.05, 0.1) is 23.6 Å². The minimum absolute atomic E-state index is 0.0491. The van der Waals surface area contributed by atoms with E-state index in [0.717, 1.165) is 43.7 Å². The van der Waals surface area contributed by atoms with E-state index in [4.69, 9.17) is 0 Å². The molecule has 0 aromatic carbocycles. The zero-order chi connectivity index (χ0) is 14.3. The predicted octanol–water partition coefficient (Wildman–Crippen LogP) is 2.10. The van der Waals surface area contributed by atoms with Gasteiger partial charge in [-0.1, -0.05) is 13.8 Å². The maximum Gasteiger partial charge on any atom is 0.243 e. The van der Waals surface area contributed by atoms with Crippen molar-refractivity contribution in [2.45, 2.75) is 46.1 Å². The van der Waals surface area contributed by atoms with E-state index in [-0.39, 0.29) is 17.4 Å². The van der Waals surface area contributed by atoms with Crippen LogP contribution in [0, 0.1) is 12.3 Å². The van der Waals surface area contributed by atoms with Crippen LogP contribution in [0.4, 0.5) is 0 Å². The molecular formula is C15H22N4O. The van der Waals surface area contributed by atoms with Crippen molar-refractivity contribution < 1.29 is 4.79 Å². The lowest BCUT2D eigenvalue weighted by Crippen LogP contribution is -2.46. The van der Waals surface area contributed by atoms with Crippen molar-refractivity contribution in [1.29, 1.82) is 0 Å². The molecule has 2 aliphatic rings. The summed E-state index contributed by atoms with van der Waals surface area (Å²) in [6.45, 7) is 7.93.